The Morgan fingerprint density at radius 2 is 2.05 bits per heavy atom. The lowest BCUT2D eigenvalue weighted by atomic mass is 10.2. The van der Waals surface area contributed by atoms with E-state index < -0.39 is 4.92 Å². The van der Waals surface area contributed by atoms with Crippen molar-refractivity contribution in [3.63, 3.8) is 0 Å². The first-order chi connectivity index (χ1) is 10.0. The smallest absolute Gasteiger partial charge is 0.269 e. The molecule has 0 spiro atoms. The maximum atomic E-state index is 10.6. The van der Waals surface area contributed by atoms with E-state index in [0.29, 0.717) is 5.69 Å². The first-order valence-corrected chi connectivity index (χ1v) is 6.27. The largest absolute Gasteiger partial charge is 0.389 e. The van der Waals surface area contributed by atoms with Gasteiger partial charge in [0.25, 0.3) is 5.69 Å². The average molecular weight is 298 g/mol. The molecule has 0 aliphatic heterocycles. The van der Waals surface area contributed by atoms with Crippen molar-refractivity contribution in [2.24, 2.45) is 5.73 Å². The number of nitriles is 1. The van der Waals surface area contributed by atoms with E-state index in [9.17, 15) is 10.1 Å². The molecular weight excluding hydrogens is 288 g/mol. The van der Waals surface area contributed by atoms with Crippen LogP contribution in [0.2, 0.25) is 0 Å². The number of non-ortho nitro benzene ring substituents is 1. The molecule has 1 heterocycles. The summed E-state index contributed by atoms with van der Waals surface area (Å²) in [6.07, 6.45) is 3.35. The molecule has 1 aromatic carbocycles. The Morgan fingerprint density at radius 1 is 1.38 bits per heavy atom. The Labute approximate surface area is 125 Å². The van der Waals surface area contributed by atoms with Crippen molar-refractivity contribution in [3.05, 3.63) is 64.0 Å². The van der Waals surface area contributed by atoms with Gasteiger partial charge in [0.1, 0.15) is 11.1 Å². The monoisotopic (exact) mass is 298 g/mol. The molecule has 0 saturated heterocycles. The zero-order valence-electron chi connectivity index (χ0n) is 10.8. The van der Waals surface area contributed by atoms with Gasteiger partial charge < -0.3 is 10.3 Å². The highest BCUT2D eigenvalue weighted by Gasteiger charge is 2.08. The second-order valence-corrected chi connectivity index (χ2v) is 4.55. The van der Waals surface area contributed by atoms with Crippen LogP contribution in [0.3, 0.4) is 0 Å². The van der Waals surface area contributed by atoms with Crippen molar-refractivity contribution in [3.8, 4) is 11.8 Å². The number of nitro groups is 1. The van der Waals surface area contributed by atoms with Gasteiger partial charge in [-0.3, -0.25) is 10.1 Å². The second-order valence-electron chi connectivity index (χ2n) is 4.11. The Morgan fingerprint density at radius 3 is 2.57 bits per heavy atom. The van der Waals surface area contributed by atoms with Gasteiger partial charge in [-0.05, 0) is 30.3 Å². The molecule has 0 aliphatic carbocycles. The minimum atomic E-state index is -0.457. The molecule has 2 rings (SSSR count). The maximum absolute atomic E-state index is 10.6. The van der Waals surface area contributed by atoms with E-state index in [1.165, 1.54) is 12.1 Å². The first-order valence-electron chi connectivity index (χ1n) is 5.86. The zero-order chi connectivity index (χ0) is 15.4. The number of nitrogens with zero attached hydrogens (tertiary/aromatic N) is 3. The van der Waals surface area contributed by atoms with Gasteiger partial charge in [0.15, 0.2) is 0 Å². The summed E-state index contributed by atoms with van der Waals surface area (Å²) >= 11 is 4.80. The number of nitrogens with two attached hydrogens (primary N) is 1. The van der Waals surface area contributed by atoms with Gasteiger partial charge in [-0.2, -0.15) is 5.26 Å². The summed E-state index contributed by atoms with van der Waals surface area (Å²) in [6, 6.07) is 11.6. The number of thiocarbonyl (C=S) groups is 1. The molecule has 0 saturated carbocycles. The molecule has 0 aliphatic rings. The highest BCUT2D eigenvalue weighted by Crippen LogP contribution is 2.19. The predicted molar refractivity (Wildman–Crippen MR) is 82.8 cm³/mol. The van der Waals surface area contributed by atoms with E-state index in [1.807, 2.05) is 6.07 Å². The standard InChI is InChI=1S/C14H10N4O2S/c15-9-10(14(16)21)8-13-2-1-7-17(13)11-3-5-12(6-4-11)18(19)20/h1-8H,(H2,16,21). The summed E-state index contributed by atoms with van der Waals surface area (Å²) in [5.74, 6) is 0. The molecule has 0 unspecified atom stereocenters. The lowest BCUT2D eigenvalue weighted by Crippen LogP contribution is -2.10. The molecule has 0 radical (unpaired) electrons. The molecule has 6 nitrogen and oxygen atoms in total. The van der Waals surface area contributed by atoms with Crippen LogP contribution in [0.1, 0.15) is 5.69 Å². The maximum Gasteiger partial charge on any atom is 0.269 e. The van der Waals surface area contributed by atoms with E-state index in [1.54, 1.807) is 41.1 Å². The summed E-state index contributed by atoms with van der Waals surface area (Å²) in [4.78, 5) is 10.2. The fourth-order valence-corrected chi connectivity index (χ4v) is 1.89. The first kappa shape index (κ1) is 14.4. The highest BCUT2D eigenvalue weighted by molar-refractivity contribution is 7.80. The number of benzene rings is 1. The van der Waals surface area contributed by atoms with Gasteiger partial charge >= 0.3 is 0 Å². The van der Waals surface area contributed by atoms with Gasteiger partial charge in [-0.15, -0.1) is 0 Å². The van der Waals surface area contributed by atoms with Gasteiger partial charge in [0.2, 0.25) is 0 Å². The molecule has 0 atom stereocenters. The zero-order valence-corrected chi connectivity index (χ0v) is 11.6. The van der Waals surface area contributed by atoms with Crippen LogP contribution in [-0.2, 0) is 0 Å². The number of aromatic nitrogens is 1. The summed E-state index contributed by atoms with van der Waals surface area (Å²) in [6.45, 7) is 0. The lowest BCUT2D eigenvalue weighted by molar-refractivity contribution is -0.384. The average Bonchev–Trinajstić information content (AvgIpc) is 2.92. The summed E-state index contributed by atoms with van der Waals surface area (Å²) in [7, 11) is 0. The van der Waals surface area contributed by atoms with E-state index in [2.05, 4.69) is 0 Å². The lowest BCUT2D eigenvalue weighted by Gasteiger charge is -2.06. The van der Waals surface area contributed by atoms with Crippen molar-refractivity contribution in [1.29, 1.82) is 5.26 Å². The van der Waals surface area contributed by atoms with Crippen LogP contribution in [0, 0.1) is 21.4 Å². The Hall–Kier alpha value is -2.98. The van der Waals surface area contributed by atoms with Crippen LogP contribution >= 0.6 is 12.2 Å². The third-order valence-corrected chi connectivity index (χ3v) is 3.02. The van der Waals surface area contributed by atoms with Gasteiger partial charge in [0.05, 0.1) is 10.5 Å². The predicted octanol–water partition coefficient (Wildman–Crippen LogP) is 2.58. The topological polar surface area (TPSA) is 97.9 Å². The summed E-state index contributed by atoms with van der Waals surface area (Å²) < 4.78 is 1.78. The molecular formula is C14H10N4O2S. The fraction of sp³-hybridized carbons (Fsp3) is 0. The third-order valence-electron chi connectivity index (χ3n) is 2.80. The molecule has 104 valence electrons. The Kier molecular flexibility index (Phi) is 4.11. The van der Waals surface area contributed by atoms with Crippen LogP contribution in [0.4, 0.5) is 5.69 Å². The van der Waals surface area contributed by atoms with Crippen LogP contribution in [0.5, 0.6) is 0 Å². The van der Waals surface area contributed by atoms with Gasteiger partial charge in [-0.1, -0.05) is 12.2 Å². The molecule has 0 fully saturated rings. The highest BCUT2D eigenvalue weighted by atomic mass is 32.1. The SMILES string of the molecule is N#CC(=Cc1cccn1-c1ccc([N+](=O)[O-])cc1)C(N)=S. The molecule has 0 amide bonds. The van der Waals surface area contributed by atoms with Crippen molar-refractivity contribution >= 4 is 29.0 Å². The molecule has 21 heavy (non-hydrogen) atoms. The molecule has 2 N–H and O–H groups in total. The summed E-state index contributed by atoms with van der Waals surface area (Å²) in [5.41, 5.74) is 7.12. The van der Waals surface area contributed by atoms with Crippen molar-refractivity contribution < 1.29 is 4.92 Å². The van der Waals surface area contributed by atoms with Crippen molar-refractivity contribution in [2.75, 3.05) is 0 Å². The third kappa shape index (κ3) is 3.13. The molecule has 1 aromatic heterocycles. The van der Waals surface area contributed by atoms with E-state index >= 15 is 0 Å². The molecule has 2 aromatic rings. The minimum Gasteiger partial charge on any atom is -0.389 e. The number of hydrogen-bond acceptors (Lipinski definition) is 4. The Balaban J connectivity index is 2.43. The van der Waals surface area contributed by atoms with E-state index in [-0.39, 0.29) is 16.2 Å². The minimum absolute atomic E-state index is 0.0175. The summed E-state index contributed by atoms with van der Waals surface area (Å²) in [5, 5.41) is 19.6. The van der Waals surface area contributed by atoms with E-state index in [4.69, 9.17) is 23.2 Å². The van der Waals surface area contributed by atoms with Crippen LogP contribution in [0.25, 0.3) is 11.8 Å². The van der Waals surface area contributed by atoms with Crippen LogP contribution in [-0.4, -0.2) is 14.5 Å². The second kappa shape index (κ2) is 5.98. The molecule has 7 heteroatoms. The molecule has 0 bridgehead atoms. The van der Waals surface area contributed by atoms with Gasteiger partial charge in [-0.25, -0.2) is 0 Å². The van der Waals surface area contributed by atoms with E-state index in [0.717, 1.165) is 5.69 Å². The van der Waals surface area contributed by atoms with Crippen molar-refractivity contribution in [2.45, 2.75) is 0 Å². The number of rotatable bonds is 4. The fourth-order valence-electron chi connectivity index (χ4n) is 1.79. The Bertz CT molecular complexity index is 769. The quantitative estimate of drug-likeness (QED) is 0.307. The normalized spacial score (nSPS) is 10.9. The van der Waals surface area contributed by atoms with Crippen molar-refractivity contribution in [1.82, 2.24) is 4.57 Å². The van der Waals surface area contributed by atoms with Crippen LogP contribution in [0.15, 0.2) is 48.2 Å². The number of nitro benzene ring substituents is 1. The number of hydrogen-bond donors (Lipinski definition) is 1. The van der Waals surface area contributed by atoms with Gasteiger partial charge in [0, 0.05) is 29.7 Å². The van der Waals surface area contributed by atoms with Crippen LogP contribution < -0.4 is 5.73 Å².